The lowest BCUT2D eigenvalue weighted by molar-refractivity contribution is -0.111. The van der Waals surface area contributed by atoms with Crippen LogP contribution >= 0.6 is 0 Å². The zero-order chi connectivity index (χ0) is 18.6. The number of aromatic amines is 1. The third kappa shape index (κ3) is 3.80. The van der Waals surface area contributed by atoms with Gasteiger partial charge in [0.1, 0.15) is 5.82 Å². The van der Waals surface area contributed by atoms with E-state index in [0.717, 1.165) is 39.2 Å². The van der Waals surface area contributed by atoms with E-state index in [1.807, 2.05) is 79.7 Å². The van der Waals surface area contributed by atoms with Crippen LogP contribution in [0.4, 0.5) is 5.69 Å². The number of carbonyl (C=O) groups is 1. The van der Waals surface area contributed by atoms with Crippen molar-refractivity contribution < 1.29 is 4.79 Å². The molecule has 2 N–H and O–H groups in total. The minimum absolute atomic E-state index is 0.163. The number of H-pyrrole nitrogens is 1. The first-order chi connectivity index (χ1) is 13.2. The van der Waals surface area contributed by atoms with E-state index in [1.54, 1.807) is 12.2 Å². The van der Waals surface area contributed by atoms with Gasteiger partial charge in [0.2, 0.25) is 5.91 Å². The molecule has 0 unspecified atom stereocenters. The van der Waals surface area contributed by atoms with Gasteiger partial charge >= 0.3 is 0 Å². The molecule has 132 valence electrons. The van der Waals surface area contributed by atoms with Gasteiger partial charge in [-0.2, -0.15) is 0 Å². The van der Waals surface area contributed by atoms with Crippen LogP contribution in [0.15, 0.2) is 78.9 Å². The van der Waals surface area contributed by atoms with Crippen LogP contribution in [0.5, 0.6) is 0 Å². The Morgan fingerprint density at radius 3 is 2.59 bits per heavy atom. The van der Waals surface area contributed by atoms with Crippen molar-refractivity contribution in [2.75, 3.05) is 5.32 Å². The van der Waals surface area contributed by atoms with Gasteiger partial charge in [-0.1, -0.05) is 54.6 Å². The first-order valence-corrected chi connectivity index (χ1v) is 8.79. The number of carbonyl (C=O) groups excluding carboxylic acids is 1. The van der Waals surface area contributed by atoms with Crippen molar-refractivity contribution in [1.29, 1.82) is 0 Å². The molecule has 0 aliphatic rings. The topological polar surface area (TPSA) is 57.8 Å². The Hall–Kier alpha value is -3.66. The minimum Gasteiger partial charge on any atom is -0.338 e. The molecule has 0 aliphatic heterocycles. The number of para-hydroxylation sites is 2. The second kappa shape index (κ2) is 7.30. The maximum atomic E-state index is 12.3. The fourth-order valence-corrected chi connectivity index (χ4v) is 2.90. The van der Waals surface area contributed by atoms with E-state index < -0.39 is 0 Å². The van der Waals surface area contributed by atoms with Gasteiger partial charge in [0.15, 0.2) is 0 Å². The quantitative estimate of drug-likeness (QED) is 0.496. The monoisotopic (exact) mass is 353 g/mol. The predicted molar refractivity (Wildman–Crippen MR) is 110 cm³/mol. The molecule has 0 aliphatic carbocycles. The van der Waals surface area contributed by atoms with Crippen LogP contribution < -0.4 is 5.32 Å². The Labute approximate surface area is 157 Å². The third-order valence-corrected chi connectivity index (χ3v) is 4.38. The van der Waals surface area contributed by atoms with Crippen molar-refractivity contribution in [3.8, 4) is 11.4 Å². The van der Waals surface area contributed by atoms with Crippen molar-refractivity contribution in [3.63, 3.8) is 0 Å². The number of hydrogen-bond donors (Lipinski definition) is 2. The number of benzene rings is 3. The van der Waals surface area contributed by atoms with Crippen LogP contribution in [-0.4, -0.2) is 15.9 Å². The van der Waals surface area contributed by atoms with Gasteiger partial charge in [-0.3, -0.25) is 4.79 Å². The molecule has 4 rings (SSSR count). The van der Waals surface area contributed by atoms with Crippen LogP contribution in [-0.2, 0) is 4.79 Å². The largest absolute Gasteiger partial charge is 0.338 e. The smallest absolute Gasteiger partial charge is 0.248 e. The zero-order valence-corrected chi connectivity index (χ0v) is 14.9. The summed E-state index contributed by atoms with van der Waals surface area (Å²) in [5.41, 5.74) is 5.60. The van der Waals surface area contributed by atoms with Crippen molar-refractivity contribution in [1.82, 2.24) is 9.97 Å². The summed E-state index contributed by atoms with van der Waals surface area (Å²) in [6.45, 7) is 1.97. The molecule has 4 heteroatoms. The van der Waals surface area contributed by atoms with Gasteiger partial charge in [-0.25, -0.2) is 4.98 Å². The van der Waals surface area contributed by atoms with E-state index in [4.69, 9.17) is 0 Å². The van der Waals surface area contributed by atoms with Crippen LogP contribution in [0.3, 0.4) is 0 Å². The number of amides is 1. The molecular weight excluding hydrogens is 334 g/mol. The second-order valence-corrected chi connectivity index (χ2v) is 6.37. The van der Waals surface area contributed by atoms with Gasteiger partial charge in [0.25, 0.3) is 0 Å². The average molecular weight is 353 g/mol. The Morgan fingerprint density at radius 1 is 1.00 bits per heavy atom. The fraction of sp³-hybridized carbons (Fsp3) is 0.0435. The summed E-state index contributed by atoms with van der Waals surface area (Å²) in [5, 5.41) is 2.96. The van der Waals surface area contributed by atoms with Crippen LogP contribution in [0, 0.1) is 6.92 Å². The molecule has 1 aromatic heterocycles. The molecule has 0 spiro atoms. The van der Waals surface area contributed by atoms with Crippen molar-refractivity contribution in [3.05, 3.63) is 90.0 Å². The lowest BCUT2D eigenvalue weighted by atomic mass is 10.1. The predicted octanol–water partition coefficient (Wildman–Crippen LogP) is 5.19. The molecule has 0 fully saturated rings. The van der Waals surface area contributed by atoms with Crippen LogP contribution in [0.2, 0.25) is 0 Å². The molecule has 1 amide bonds. The summed E-state index contributed by atoms with van der Waals surface area (Å²) < 4.78 is 0. The highest BCUT2D eigenvalue weighted by molar-refractivity contribution is 6.02. The molecule has 1 heterocycles. The molecule has 4 nitrogen and oxygen atoms in total. The first kappa shape index (κ1) is 16.8. The second-order valence-electron chi connectivity index (χ2n) is 6.37. The molecule has 0 radical (unpaired) electrons. The Kier molecular flexibility index (Phi) is 4.54. The van der Waals surface area contributed by atoms with E-state index in [0.29, 0.717) is 0 Å². The lowest BCUT2D eigenvalue weighted by Crippen LogP contribution is -2.09. The molecular formula is C23H19N3O. The molecule has 0 bridgehead atoms. The number of anilines is 1. The van der Waals surface area contributed by atoms with Gasteiger partial charge in [0.05, 0.1) is 11.0 Å². The van der Waals surface area contributed by atoms with E-state index in [2.05, 4.69) is 15.3 Å². The number of aryl methyl sites for hydroxylation is 1. The fourth-order valence-electron chi connectivity index (χ4n) is 2.90. The Bertz CT molecular complexity index is 1090. The van der Waals surface area contributed by atoms with E-state index in [1.165, 1.54) is 0 Å². The van der Waals surface area contributed by atoms with E-state index >= 15 is 0 Å². The van der Waals surface area contributed by atoms with Crippen molar-refractivity contribution in [2.24, 2.45) is 0 Å². The standard InChI is InChI=1S/C23H19N3O/c1-16-11-13-18(23-25-19-9-5-6-10-20(19)26-23)15-21(16)24-22(27)14-12-17-7-3-2-4-8-17/h2-15H,1H3,(H,24,27)(H,25,26)/b14-12-. The normalized spacial score (nSPS) is 11.1. The number of aromatic nitrogens is 2. The van der Waals surface area contributed by atoms with Gasteiger partial charge in [-0.05, 0) is 42.3 Å². The summed E-state index contributed by atoms with van der Waals surface area (Å²) in [6.07, 6.45) is 3.34. The average Bonchev–Trinajstić information content (AvgIpc) is 3.13. The first-order valence-electron chi connectivity index (χ1n) is 8.79. The molecule has 0 atom stereocenters. The van der Waals surface area contributed by atoms with Crippen LogP contribution in [0.25, 0.3) is 28.5 Å². The van der Waals surface area contributed by atoms with Gasteiger partial charge in [-0.15, -0.1) is 0 Å². The Balaban J connectivity index is 1.57. The molecule has 0 saturated heterocycles. The van der Waals surface area contributed by atoms with Crippen molar-refractivity contribution >= 4 is 28.7 Å². The summed E-state index contributed by atoms with van der Waals surface area (Å²) in [4.78, 5) is 20.3. The number of imidazole rings is 1. The molecule has 0 saturated carbocycles. The highest BCUT2D eigenvalue weighted by atomic mass is 16.1. The number of nitrogens with one attached hydrogen (secondary N) is 2. The summed E-state index contributed by atoms with van der Waals surface area (Å²) >= 11 is 0. The third-order valence-electron chi connectivity index (χ3n) is 4.38. The maximum absolute atomic E-state index is 12.3. The van der Waals surface area contributed by atoms with Crippen molar-refractivity contribution in [2.45, 2.75) is 6.92 Å². The highest BCUT2D eigenvalue weighted by Gasteiger charge is 2.08. The SMILES string of the molecule is Cc1ccc(-c2nc3ccccc3[nH]2)cc1NC(=O)/C=C\c1ccccc1. The van der Waals surface area contributed by atoms with Gasteiger partial charge < -0.3 is 10.3 Å². The van der Waals surface area contributed by atoms with E-state index in [-0.39, 0.29) is 5.91 Å². The lowest BCUT2D eigenvalue weighted by Gasteiger charge is -2.08. The van der Waals surface area contributed by atoms with E-state index in [9.17, 15) is 4.79 Å². The number of nitrogens with zero attached hydrogens (tertiary/aromatic N) is 1. The summed E-state index contributed by atoms with van der Waals surface area (Å²) in [5.74, 6) is 0.621. The highest BCUT2D eigenvalue weighted by Crippen LogP contribution is 2.25. The number of hydrogen-bond acceptors (Lipinski definition) is 2. The number of fused-ring (bicyclic) bond motifs is 1. The van der Waals surface area contributed by atoms with Crippen LogP contribution in [0.1, 0.15) is 11.1 Å². The van der Waals surface area contributed by atoms with Gasteiger partial charge in [0, 0.05) is 17.3 Å². The zero-order valence-electron chi connectivity index (χ0n) is 14.9. The molecule has 27 heavy (non-hydrogen) atoms. The summed E-state index contributed by atoms with van der Waals surface area (Å²) in [6, 6.07) is 23.6. The minimum atomic E-state index is -0.163. The molecule has 3 aromatic carbocycles. The summed E-state index contributed by atoms with van der Waals surface area (Å²) in [7, 11) is 0. The molecule has 4 aromatic rings. The Morgan fingerprint density at radius 2 is 1.78 bits per heavy atom. The number of rotatable bonds is 4. The maximum Gasteiger partial charge on any atom is 0.248 e.